The first-order valence-corrected chi connectivity index (χ1v) is 6.63. The number of ether oxygens (including phenoxy) is 1. The van der Waals surface area contributed by atoms with Crippen LogP contribution in [0.15, 0.2) is 35.5 Å². The Balaban J connectivity index is 2.21. The van der Waals surface area contributed by atoms with E-state index in [4.69, 9.17) is 0 Å². The monoisotopic (exact) mass is 307 g/mol. The van der Waals surface area contributed by atoms with Gasteiger partial charge in [-0.15, -0.1) is 0 Å². The van der Waals surface area contributed by atoms with Crippen molar-refractivity contribution in [3.8, 4) is 5.75 Å². The lowest BCUT2D eigenvalue weighted by atomic mass is 10.3. The average molecular weight is 307 g/mol. The summed E-state index contributed by atoms with van der Waals surface area (Å²) in [5.74, 6) is -1.79. The van der Waals surface area contributed by atoms with E-state index in [1.807, 2.05) is 0 Å². The normalized spacial score (nSPS) is 11.6. The molecular weight excluding hydrogens is 299 g/mol. The zero-order chi connectivity index (χ0) is 14.8. The lowest BCUT2D eigenvalue weighted by Crippen LogP contribution is -2.13. The highest BCUT2D eigenvalue weighted by Crippen LogP contribution is 2.24. The Labute approximate surface area is 111 Å². The number of aromatic amines is 1. The summed E-state index contributed by atoms with van der Waals surface area (Å²) in [6.45, 7) is -3.17. The van der Waals surface area contributed by atoms with Gasteiger partial charge in [-0.25, -0.2) is 4.39 Å². The molecule has 0 bridgehead atoms. The SMILES string of the molecule is O=S(=O)(Nc1ccc(OC(F)F)c(F)c1)c1ccn[nH]1. The van der Waals surface area contributed by atoms with Crippen molar-refractivity contribution < 1.29 is 26.3 Å². The second-order valence-corrected chi connectivity index (χ2v) is 5.20. The molecular formula is C10H8F3N3O3S. The predicted molar refractivity (Wildman–Crippen MR) is 62.4 cm³/mol. The minimum absolute atomic E-state index is 0.140. The first-order valence-electron chi connectivity index (χ1n) is 5.15. The molecule has 10 heteroatoms. The number of rotatable bonds is 5. The van der Waals surface area contributed by atoms with Crippen LogP contribution >= 0.6 is 0 Å². The van der Waals surface area contributed by atoms with Crippen LogP contribution in [0.4, 0.5) is 18.9 Å². The third kappa shape index (κ3) is 3.20. The number of nitrogens with one attached hydrogen (secondary N) is 2. The summed E-state index contributed by atoms with van der Waals surface area (Å²) < 4.78 is 66.8. The van der Waals surface area contributed by atoms with Crippen molar-refractivity contribution in [1.29, 1.82) is 0 Å². The molecule has 0 spiro atoms. The van der Waals surface area contributed by atoms with E-state index in [0.29, 0.717) is 0 Å². The zero-order valence-electron chi connectivity index (χ0n) is 9.68. The Morgan fingerprint density at radius 2 is 2.05 bits per heavy atom. The Morgan fingerprint density at radius 3 is 2.60 bits per heavy atom. The molecule has 2 aromatic rings. The van der Waals surface area contributed by atoms with E-state index in [0.717, 1.165) is 18.2 Å². The number of sulfonamides is 1. The molecule has 108 valence electrons. The molecule has 0 saturated carbocycles. The number of nitrogens with zero attached hydrogens (tertiary/aromatic N) is 1. The van der Waals surface area contributed by atoms with Crippen molar-refractivity contribution >= 4 is 15.7 Å². The topological polar surface area (TPSA) is 84.1 Å². The average Bonchev–Trinajstić information content (AvgIpc) is 2.86. The molecule has 0 unspecified atom stereocenters. The van der Waals surface area contributed by atoms with E-state index in [9.17, 15) is 21.6 Å². The number of H-pyrrole nitrogens is 1. The van der Waals surface area contributed by atoms with Gasteiger partial charge in [0.1, 0.15) is 0 Å². The molecule has 0 atom stereocenters. The Bertz CT molecular complexity index is 689. The van der Waals surface area contributed by atoms with Crippen LogP contribution in [0.1, 0.15) is 0 Å². The van der Waals surface area contributed by atoms with Crippen molar-refractivity contribution in [2.24, 2.45) is 0 Å². The van der Waals surface area contributed by atoms with Gasteiger partial charge >= 0.3 is 6.61 Å². The van der Waals surface area contributed by atoms with Crippen molar-refractivity contribution in [2.45, 2.75) is 11.6 Å². The van der Waals surface area contributed by atoms with Crippen molar-refractivity contribution in [2.75, 3.05) is 4.72 Å². The van der Waals surface area contributed by atoms with Crippen molar-refractivity contribution in [3.05, 3.63) is 36.3 Å². The molecule has 0 aliphatic heterocycles. The molecule has 20 heavy (non-hydrogen) atoms. The van der Waals surface area contributed by atoms with Gasteiger partial charge in [-0.2, -0.15) is 22.3 Å². The molecule has 0 amide bonds. The maximum Gasteiger partial charge on any atom is 0.387 e. The van der Waals surface area contributed by atoms with Gasteiger partial charge in [0.25, 0.3) is 10.0 Å². The molecule has 1 aromatic carbocycles. The molecule has 0 aliphatic rings. The van der Waals surface area contributed by atoms with Gasteiger partial charge in [0.15, 0.2) is 16.6 Å². The van der Waals surface area contributed by atoms with Crippen molar-refractivity contribution in [1.82, 2.24) is 10.2 Å². The summed E-state index contributed by atoms with van der Waals surface area (Å²) in [6.07, 6.45) is 1.23. The Hall–Kier alpha value is -2.23. The van der Waals surface area contributed by atoms with E-state index >= 15 is 0 Å². The molecule has 0 radical (unpaired) electrons. The summed E-state index contributed by atoms with van der Waals surface area (Å²) >= 11 is 0. The van der Waals surface area contributed by atoms with Crippen LogP contribution in [0.3, 0.4) is 0 Å². The molecule has 2 N–H and O–H groups in total. The van der Waals surface area contributed by atoms with E-state index in [-0.39, 0.29) is 10.7 Å². The van der Waals surface area contributed by atoms with Crippen LogP contribution in [-0.2, 0) is 10.0 Å². The highest BCUT2D eigenvalue weighted by molar-refractivity contribution is 7.92. The highest BCUT2D eigenvalue weighted by atomic mass is 32.2. The van der Waals surface area contributed by atoms with E-state index in [2.05, 4.69) is 19.7 Å². The number of hydrogen-bond acceptors (Lipinski definition) is 4. The molecule has 1 heterocycles. The fraction of sp³-hybridized carbons (Fsp3) is 0.100. The van der Waals surface area contributed by atoms with Gasteiger partial charge in [0, 0.05) is 6.07 Å². The summed E-state index contributed by atoms with van der Waals surface area (Å²) in [5.41, 5.74) is -0.140. The number of halogens is 3. The van der Waals surface area contributed by atoms with Gasteiger partial charge in [0.05, 0.1) is 11.9 Å². The summed E-state index contributed by atoms with van der Waals surface area (Å²) in [6, 6.07) is 3.92. The fourth-order valence-corrected chi connectivity index (χ4v) is 2.32. The quantitative estimate of drug-likeness (QED) is 0.884. The van der Waals surface area contributed by atoms with Crippen molar-refractivity contribution in [3.63, 3.8) is 0 Å². The summed E-state index contributed by atoms with van der Waals surface area (Å²) in [5, 5.41) is 5.49. The fourth-order valence-electron chi connectivity index (χ4n) is 1.36. The van der Waals surface area contributed by atoms with Crippen LogP contribution in [-0.4, -0.2) is 25.2 Å². The zero-order valence-corrected chi connectivity index (χ0v) is 10.5. The Morgan fingerprint density at radius 1 is 1.30 bits per heavy atom. The summed E-state index contributed by atoms with van der Waals surface area (Å²) in [7, 11) is -3.95. The second-order valence-electron chi connectivity index (χ2n) is 3.55. The number of benzene rings is 1. The van der Waals surface area contributed by atoms with Gasteiger partial charge < -0.3 is 4.74 Å². The largest absolute Gasteiger partial charge is 0.432 e. The first-order chi connectivity index (χ1) is 9.38. The third-order valence-electron chi connectivity index (χ3n) is 2.16. The van der Waals surface area contributed by atoms with Gasteiger partial charge in [-0.3, -0.25) is 9.82 Å². The molecule has 1 aromatic heterocycles. The molecule has 0 fully saturated rings. The number of alkyl halides is 2. The molecule has 0 saturated heterocycles. The summed E-state index contributed by atoms with van der Waals surface area (Å²) in [4.78, 5) is 0. The number of aromatic nitrogens is 2. The van der Waals surface area contributed by atoms with Crippen LogP contribution in [0, 0.1) is 5.82 Å². The number of anilines is 1. The van der Waals surface area contributed by atoms with E-state index < -0.39 is 28.2 Å². The van der Waals surface area contributed by atoms with Crippen LogP contribution < -0.4 is 9.46 Å². The van der Waals surface area contributed by atoms with Crippen LogP contribution in [0.2, 0.25) is 0 Å². The molecule has 2 rings (SSSR count). The van der Waals surface area contributed by atoms with Gasteiger partial charge in [0.2, 0.25) is 0 Å². The number of hydrogen-bond donors (Lipinski definition) is 2. The molecule has 6 nitrogen and oxygen atoms in total. The van der Waals surface area contributed by atoms with Crippen LogP contribution in [0.25, 0.3) is 0 Å². The second kappa shape index (κ2) is 5.41. The standard InChI is InChI=1S/C10H8F3N3O3S/c11-7-5-6(1-2-8(7)19-10(12)13)16-20(17,18)9-3-4-14-15-9/h1-5,10,16H,(H,14,15). The van der Waals surface area contributed by atoms with Gasteiger partial charge in [-0.05, 0) is 18.2 Å². The maximum atomic E-state index is 13.4. The predicted octanol–water partition coefficient (Wildman–Crippen LogP) is 1.95. The molecule has 0 aliphatic carbocycles. The lowest BCUT2D eigenvalue weighted by molar-refractivity contribution is -0.0521. The minimum Gasteiger partial charge on any atom is -0.432 e. The van der Waals surface area contributed by atoms with E-state index in [1.165, 1.54) is 12.3 Å². The first kappa shape index (κ1) is 14.2. The minimum atomic E-state index is -3.95. The smallest absolute Gasteiger partial charge is 0.387 e. The van der Waals surface area contributed by atoms with Crippen LogP contribution in [0.5, 0.6) is 5.75 Å². The third-order valence-corrected chi connectivity index (χ3v) is 3.48. The van der Waals surface area contributed by atoms with Gasteiger partial charge in [-0.1, -0.05) is 0 Å². The maximum absolute atomic E-state index is 13.4. The highest BCUT2D eigenvalue weighted by Gasteiger charge is 2.17. The lowest BCUT2D eigenvalue weighted by Gasteiger charge is -2.09. The van der Waals surface area contributed by atoms with E-state index in [1.54, 1.807) is 0 Å². The Kier molecular flexibility index (Phi) is 3.84.